The summed E-state index contributed by atoms with van der Waals surface area (Å²) in [6, 6.07) is 22.8. The number of benzene rings is 3. The minimum atomic E-state index is -0.176. The van der Waals surface area contributed by atoms with Crippen molar-refractivity contribution >= 4 is 17.1 Å². The molecule has 5 aromatic rings. The molecule has 0 saturated heterocycles. The van der Waals surface area contributed by atoms with Crippen molar-refractivity contribution in [3.8, 4) is 35.2 Å². The zero-order chi connectivity index (χ0) is 27.5. The molecule has 1 amide bonds. The summed E-state index contributed by atoms with van der Waals surface area (Å²) >= 11 is 0. The number of imidazole rings is 1. The van der Waals surface area contributed by atoms with Gasteiger partial charge in [-0.15, -0.1) is 0 Å². The van der Waals surface area contributed by atoms with Crippen LogP contribution in [0, 0.1) is 18.3 Å². The number of aromatic hydroxyl groups is 1. The molecule has 3 aromatic carbocycles. The summed E-state index contributed by atoms with van der Waals surface area (Å²) in [5, 5.41) is 19.7. The standard InChI is InChI=1S/C29H24N6O4/c1-18-31-25-26(35(18)17-19-8-5-4-6-9-19)32-29(38-22-11-7-10-21(15-22)28(37)34(2)3)33-27(25)39-24-14-20(16-30)12-13-23(24)36/h4-15,36H,17H2,1-3H3. The Bertz CT molecular complexity index is 1720. The zero-order valence-corrected chi connectivity index (χ0v) is 21.5. The highest BCUT2D eigenvalue weighted by Crippen LogP contribution is 2.35. The quantitative estimate of drug-likeness (QED) is 0.316. The van der Waals surface area contributed by atoms with Gasteiger partial charge < -0.3 is 24.0 Å². The number of nitrogens with zero attached hydrogens (tertiary/aromatic N) is 6. The van der Waals surface area contributed by atoms with Crippen molar-refractivity contribution in [2.75, 3.05) is 14.1 Å². The van der Waals surface area contributed by atoms with Crippen molar-refractivity contribution in [1.82, 2.24) is 24.4 Å². The van der Waals surface area contributed by atoms with Gasteiger partial charge in [0.05, 0.1) is 18.2 Å². The monoisotopic (exact) mass is 520 g/mol. The van der Waals surface area contributed by atoms with Gasteiger partial charge in [-0.1, -0.05) is 36.4 Å². The van der Waals surface area contributed by atoms with E-state index in [1.807, 2.05) is 47.9 Å². The topological polar surface area (TPSA) is 126 Å². The van der Waals surface area contributed by atoms with E-state index < -0.39 is 0 Å². The molecule has 0 aliphatic carbocycles. The molecule has 0 radical (unpaired) electrons. The first-order valence-electron chi connectivity index (χ1n) is 12.0. The van der Waals surface area contributed by atoms with Crippen LogP contribution in [0.2, 0.25) is 0 Å². The van der Waals surface area contributed by atoms with Gasteiger partial charge in [-0.25, -0.2) is 4.98 Å². The highest BCUT2D eigenvalue weighted by molar-refractivity contribution is 5.94. The largest absolute Gasteiger partial charge is 0.504 e. The maximum atomic E-state index is 12.4. The summed E-state index contributed by atoms with van der Waals surface area (Å²) < 4.78 is 13.9. The van der Waals surface area contributed by atoms with Crippen LogP contribution in [0.25, 0.3) is 11.2 Å². The Hall–Kier alpha value is -5.43. The predicted molar refractivity (Wildman–Crippen MR) is 143 cm³/mol. The van der Waals surface area contributed by atoms with E-state index in [-0.39, 0.29) is 29.3 Å². The predicted octanol–water partition coefficient (Wildman–Crippen LogP) is 5.05. The van der Waals surface area contributed by atoms with Crippen LogP contribution in [0.5, 0.6) is 29.1 Å². The van der Waals surface area contributed by atoms with Crippen molar-refractivity contribution in [3.05, 3.63) is 95.3 Å². The van der Waals surface area contributed by atoms with Crippen molar-refractivity contribution in [3.63, 3.8) is 0 Å². The first-order valence-corrected chi connectivity index (χ1v) is 12.0. The van der Waals surface area contributed by atoms with Crippen LogP contribution in [0.1, 0.15) is 27.3 Å². The average molecular weight is 521 g/mol. The summed E-state index contributed by atoms with van der Waals surface area (Å²) in [4.78, 5) is 27.6. The molecule has 0 fully saturated rings. The number of hydrogen-bond acceptors (Lipinski definition) is 8. The van der Waals surface area contributed by atoms with E-state index in [1.165, 1.54) is 23.1 Å². The number of amides is 1. The van der Waals surface area contributed by atoms with Crippen molar-refractivity contribution in [2.24, 2.45) is 0 Å². The smallest absolute Gasteiger partial charge is 0.327 e. The Balaban J connectivity index is 1.61. The van der Waals surface area contributed by atoms with Gasteiger partial charge in [0, 0.05) is 25.7 Å². The zero-order valence-electron chi connectivity index (χ0n) is 21.5. The number of hydrogen-bond donors (Lipinski definition) is 1. The minimum Gasteiger partial charge on any atom is -0.504 e. The molecule has 0 saturated carbocycles. The molecule has 0 bridgehead atoms. The first kappa shape index (κ1) is 25.2. The Morgan fingerprint density at radius 3 is 2.54 bits per heavy atom. The molecule has 0 atom stereocenters. The number of rotatable bonds is 7. The van der Waals surface area contributed by atoms with Crippen molar-refractivity contribution < 1.29 is 19.4 Å². The number of carbonyl (C=O) groups is 1. The van der Waals surface area contributed by atoms with Crippen molar-refractivity contribution in [2.45, 2.75) is 13.5 Å². The highest BCUT2D eigenvalue weighted by Gasteiger charge is 2.21. The molecule has 0 spiro atoms. The summed E-state index contributed by atoms with van der Waals surface area (Å²) in [6.07, 6.45) is 0. The Morgan fingerprint density at radius 1 is 1.00 bits per heavy atom. The van der Waals surface area contributed by atoms with Gasteiger partial charge >= 0.3 is 6.01 Å². The Labute approximate surface area is 224 Å². The molecule has 10 nitrogen and oxygen atoms in total. The molecule has 39 heavy (non-hydrogen) atoms. The van der Waals surface area contributed by atoms with E-state index in [1.54, 1.807) is 38.4 Å². The van der Waals surface area contributed by atoms with Crippen molar-refractivity contribution in [1.29, 1.82) is 5.26 Å². The summed E-state index contributed by atoms with van der Waals surface area (Å²) in [5.41, 5.74) is 2.59. The highest BCUT2D eigenvalue weighted by atomic mass is 16.5. The number of carbonyl (C=O) groups excluding carboxylic acids is 1. The molecule has 2 heterocycles. The van der Waals surface area contributed by atoms with E-state index in [0.29, 0.717) is 40.4 Å². The third-order valence-corrected chi connectivity index (χ3v) is 5.91. The van der Waals surface area contributed by atoms with Crippen LogP contribution >= 0.6 is 0 Å². The number of ether oxygens (including phenoxy) is 2. The molecular formula is C29H24N6O4. The van der Waals surface area contributed by atoms with Crippen LogP contribution in [0.4, 0.5) is 0 Å². The number of phenolic OH excluding ortho intramolecular Hbond substituents is 1. The summed E-state index contributed by atoms with van der Waals surface area (Å²) in [7, 11) is 3.34. The normalized spacial score (nSPS) is 10.7. The van der Waals surface area contributed by atoms with Crippen LogP contribution in [0.15, 0.2) is 72.8 Å². The fraction of sp³-hybridized carbons (Fsp3) is 0.138. The fourth-order valence-electron chi connectivity index (χ4n) is 3.96. The number of aryl methyl sites for hydroxylation is 1. The third kappa shape index (κ3) is 5.33. The second-order valence-corrected chi connectivity index (χ2v) is 8.94. The van der Waals surface area contributed by atoms with E-state index >= 15 is 0 Å². The van der Waals surface area contributed by atoms with Gasteiger partial charge in [0.1, 0.15) is 11.6 Å². The molecule has 194 valence electrons. The lowest BCUT2D eigenvalue weighted by Crippen LogP contribution is -2.21. The molecule has 5 rings (SSSR count). The molecular weight excluding hydrogens is 496 g/mol. The molecule has 2 aromatic heterocycles. The van der Waals surface area contributed by atoms with E-state index in [0.717, 1.165) is 5.56 Å². The SMILES string of the molecule is Cc1nc2c(Oc3cc(C#N)ccc3O)nc(Oc3cccc(C(=O)N(C)C)c3)nc2n1Cc1ccccc1. The Kier molecular flexibility index (Phi) is 6.80. The second kappa shape index (κ2) is 10.5. The molecule has 0 aliphatic rings. The van der Waals surface area contributed by atoms with E-state index in [4.69, 9.17) is 9.47 Å². The number of aromatic nitrogens is 4. The van der Waals surface area contributed by atoms with Crippen LogP contribution < -0.4 is 9.47 Å². The first-order chi connectivity index (χ1) is 18.8. The number of fused-ring (bicyclic) bond motifs is 1. The van der Waals surface area contributed by atoms with Crippen LogP contribution in [-0.4, -0.2) is 49.5 Å². The molecule has 1 N–H and O–H groups in total. The Morgan fingerprint density at radius 2 is 1.79 bits per heavy atom. The molecule has 0 aliphatic heterocycles. The van der Waals surface area contributed by atoms with Crippen LogP contribution in [-0.2, 0) is 6.54 Å². The molecule has 0 unspecified atom stereocenters. The van der Waals surface area contributed by atoms with Gasteiger partial charge in [-0.3, -0.25) is 4.79 Å². The lowest BCUT2D eigenvalue weighted by Gasteiger charge is -2.12. The average Bonchev–Trinajstić information content (AvgIpc) is 3.25. The third-order valence-electron chi connectivity index (χ3n) is 5.91. The molecule has 10 heteroatoms. The van der Waals surface area contributed by atoms with Crippen LogP contribution in [0.3, 0.4) is 0 Å². The van der Waals surface area contributed by atoms with Gasteiger partial charge in [0.2, 0.25) is 0 Å². The lowest BCUT2D eigenvalue weighted by atomic mass is 10.2. The van der Waals surface area contributed by atoms with Gasteiger partial charge in [-0.05, 0) is 42.8 Å². The number of phenols is 1. The van der Waals surface area contributed by atoms with Gasteiger partial charge in [-0.2, -0.15) is 15.2 Å². The number of nitriles is 1. The van der Waals surface area contributed by atoms with Gasteiger partial charge in [0.25, 0.3) is 11.8 Å². The van der Waals surface area contributed by atoms with E-state index in [2.05, 4.69) is 15.0 Å². The maximum absolute atomic E-state index is 12.4. The summed E-state index contributed by atoms with van der Waals surface area (Å²) in [5.74, 6) is 0.750. The fourth-order valence-corrected chi connectivity index (χ4v) is 3.96. The van der Waals surface area contributed by atoms with E-state index in [9.17, 15) is 15.2 Å². The lowest BCUT2D eigenvalue weighted by molar-refractivity contribution is 0.0827. The maximum Gasteiger partial charge on any atom is 0.327 e. The second-order valence-electron chi connectivity index (χ2n) is 8.94. The summed E-state index contributed by atoms with van der Waals surface area (Å²) in [6.45, 7) is 2.33. The minimum absolute atomic E-state index is 0.0360. The van der Waals surface area contributed by atoms with Gasteiger partial charge in [0.15, 0.2) is 22.7 Å².